The molecule has 0 spiro atoms. The number of thioether (sulfide) groups is 1. The van der Waals surface area contributed by atoms with Crippen molar-refractivity contribution in [1.82, 2.24) is 30.2 Å². The summed E-state index contributed by atoms with van der Waals surface area (Å²) in [7, 11) is -16.5. The summed E-state index contributed by atoms with van der Waals surface area (Å²) in [6, 6.07) is 0. The number of carbonyl (C=O) groups is 4. The second kappa shape index (κ2) is 20.0. The van der Waals surface area contributed by atoms with Gasteiger partial charge in [-0.15, -0.1) is 12.3 Å². The first-order valence-electron chi connectivity index (χ1n) is 16.1. The number of carbonyl (C=O) groups excluding carboxylic acids is 3. The van der Waals surface area contributed by atoms with Crippen LogP contribution in [-0.4, -0.2) is 134 Å². The molecule has 0 aromatic carbocycles. The summed E-state index contributed by atoms with van der Waals surface area (Å²) in [4.78, 5) is 98.5. The molecule has 4 unspecified atom stereocenters. The molecule has 2 aromatic heterocycles. The maximum atomic E-state index is 12.7. The Balaban J connectivity index is 1.49. The van der Waals surface area contributed by atoms with Crippen LogP contribution in [-0.2, 0) is 55.5 Å². The average Bonchev–Trinajstić information content (AvgIpc) is 3.66. The Bertz CT molecular complexity index is 1970. The van der Waals surface area contributed by atoms with E-state index in [1.807, 2.05) is 0 Å². The fourth-order valence-corrected chi connectivity index (χ4v) is 8.39. The van der Waals surface area contributed by atoms with E-state index in [1.54, 1.807) is 0 Å². The SMILES string of the molecule is C#CCC(C(=O)O)C(=O)SCCNC(=O)CCNC(=O)C(O)C(C)(C)COP(=O)(O)OP(=O)(O)OC[C@H]1O[C@@H](n2cnc3c(N)ncnc32)[C@H](O)[C@@H]1OP(=O)(O)O. The molecule has 3 rings (SSSR count). The van der Waals surface area contributed by atoms with E-state index < -0.39 is 102 Å². The fraction of sp³-hybridized carbons (Fsp3) is 0.593. The number of aromatic nitrogens is 4. The first kappa shape index (κ1) is 48.0. The number of nitrogens with one attached hydrogen (secondary N) is 2. The van der Waals surface area contributed by atoms with Crippen molar-refractivity contribution in [3.63, 3.8) is 0 Å². The number of carboxylic acid groups (broad SMARTS) is 1. The lowest BCUT2D eigenvalue weighted by Gasteiger charge is -2.30. The monoisotopic (exact) mass is 891 g/mol. The zero-order chi connectivity index (χ0) is 42.9. The van der Waals surface area contributed by atoms with Crippen molar-refractivity contribution in [2.45, 2.75) is 57.3 Å². The number of aliphatic carboxylic acids is 1. The van der Waals surface area contributed by atoms with Crippen LogP contribution in [0.3, 0.4) is 0 Å². The molecule has 0 radical (unpaired) electrons. The number of hydrogen-bond acceptors (Lipinski definition) is 19. The predicted molar refractivity (Wildman–Crippen MR) is 192 cm³/mol. The highest BCUT2D eigenvalue weighted by Crippen LogP contribution is 2.61. The molecule has 0 saturated carbocycles. The number of aliphatic hydroxyl groups is 2. The van der Waals surface area contributed by atoms with Gasteiger partial charge in [-0.25, -0.2) is 28.6 Å². The summed E-state index contributed by atoms with van der Waals surface area (Å²) in [5, 5.41) is 34.5. The molecule has 30 heteroatoms. The quantitative estimate of drug-likeness (QED) is 0.0275. The van der Waals surface area contributed by atoms with Crippen LogP contribution in [0.1, 0.15) is 32.9 Å². The van der Waals surface area contributed by atoms with Gasteiger partial charge < -0.3 is 56.0 Å². The van der Waals surface area contributed by atoms with Gasteiger partial charge in [0.2, 0.25) is 16.9 Å². The van der Waals surface area contributed by atoms with Crippen molar-refractivity contribution in [3.8, 4) is 12.3 Å². The molecule has 3 heterocycles. The number of terminal acetylenes is 1. The highest BCUT2D eigenvalue weighted by atomic mass is 32.2. The van der Waals surface area contributed by atoms with Crippen LogP contribution in [0.25, 0.3) is 11.2 Å². The van der Waals surface area contributed by atoms with E-state index in [2.05, 4.69) is 40.3 Å². The van der Waals surface area contributed by atoms with E-state index in [1.165, 1.54) is 13.8 Å². The molecule has 8 atom stereocenters. The Labute approximate surface area is 326 Å². The number of fused-ring (bicyclic) bond motifs is 1. The minimum atomic E-state index is -5.60. The third kappa shape index (κ3) is 14.1. The Morgan fingerprint density at radius 1 is 1.09 bits per heavy atom. The summed E-state index contributed by atoms with van der Waals surface area (Å²) in [5.41, 5.74) is 4.17. The third-order valence-electron chi connectivity index (χ3n) is 7.65. The lowest BCUT2D eigenvalue weighted by Crippen LogP contribution is -2.46. The molecular formula is C27H40N7O19P3S. The number of carboxylic acids is 1. The van der Waals surface area contributed by atoms with E-state index in [-0.39, 0.29) is 48.7 Å². The van der Waals surface area contributed by atoms with Gasteiger partial charge >= 0.3 is 29.4 Å². The molecule has 1 fully saturated rings. The van der Waals surface area contributed by atoms with Crippen LogP contribution in [0.2, 0.25) is 0 Å². The molecule has 1 aliphatic heterocycles. The Kier molecular flexibility index (Phi) is 16.9. The molecule has 318 valence electrons. The number of nitrogens with two attached hydrogens (primary N) is 1. The summed E-state index contributed by atoms with van der Waals surface area (Å²) in [6.45, 7) is 0.0258. The summed E-state index contributed by atoms with van der Waals surface area (Å²) in [5.74, 6) is -2.27. The molecule has 1 aliphatic rings. The first-order valence-corrected chi connectivity index (χ1v) is 21.6. The number of nitrogens with zero attached hydrogens (tertiary/aromatic N) is 4. The van der Waals surface area contributed by atoms with E-state index in [0.29, 0.717) is 11.8 Å². The number of hydrogen-bond donors (Lipinski definition) is 10. The number of phosphoric acid groups is 3. The van der Waals surface area contributed by atoms with Gasteiger partial charge in [0, 0.05) is 37.1 Å². The Morgan fingerprint density at radius 2 is 1.75 bits per heavy atom. The van der Waals surface area contributed by atoms with Crippen LogP contribution in [0.4, 0.5) is 5.82 Å². The van der Waals surface area contributed by atoms with Crippen molar-refractivity contribution in [2.24, 2.45) is 11.3 Å². The maximum absolute atomic E-state index is 12.7. The number of amides is 2. The van der Waals surface area contributed by atoms with Gasteiger partial charge in [0.05, 0.1) is 19.5 Å². The Morgan fingerprint density at radius 3 is 2.39 bits per heavy atom. The molecular weight excluding hydrogens is 851 g/mol. The standard InChI is InChI=1S/C27H40N7O19P3S/c1-4-5-14(25(39)40)26(41)57-9-8-29-16(35)6-7-30-23(38)20(37)27(2,3)11-50-56(47,48)53-55(45,46)49-10-15-19(52-54(42,43)44)18(36)24(51-15)34-13-33-17-21(28)31-12-32-22(17)34/h1,12-15,18-20,24,36-37H,5-11H2,2-3H3,(H,29,35)(H,30,38)(H,39,40)(H,45,46)(H,47,48)(H2,28,31,32)(H2,42,43,44)/t14?,15-,18-,19-,20?,24-/m1/s1. The largest absolute Gasteiger partial charge is 0.481 e. The van der Waals surface area contributed by atoms with Crippen molar-refractivity contribution < 1.29 is 90.4 Å². The third-order valence-corrected chi connectivity index (χ3v) is 11.7. The minimum absolute atomic E-state index is 0.0149. The zero-order valence-electron chi connectivity index (χ0n) is 29.8. The average molecular weight is 892 g/mol. The van der Waals surface area contributed by atoms with Gasteiger partial charge in [0.15, 0.2) is 17.7 Å². The smallest absolute Gasteiger partial charge is 0.481 e. The van der Waals surface area contributed by atoms with Crippen molar-refractivity contribution in [1.29, 1.82) is 0 Å². The molecule has 11 N–H and O–H groups in total. The van der Waals surface area contributed by atoms with Gasteiger partial charge in [0.1, 0.15) is 42.2 Å². The Hall–Kier alpha value is -3.41. The van der Waals surface area contributed by atoms with Crippen LogP contribution in [0, 0.1) is 23.7 Å². The highest BCUT2D eigenvalue weighted by Gasteiger charge is 2.50. The second-order valence-corrected chi connectivity index (χ2v) is 17.9. The van der Waals surface area contributed by atoms with Crippen LogP contribution < -0.4 is 16.4 Å². The van der Waals surface area contributed by atoms with Gasteiger partial charge in [-0.1, -0.05) is 25.6 Å². The topological polar surface area (TPSA) is 401 Å². The number of phosphoric ester groups is 3. The predicted octanol–water partition coefficient (Wildman–Crippen LogP) is -1.61. The van der Waals surface area contributed by atoms with Gasteiger partial charge in [-0.05, 0) is 0 Å². The molecule has 2 aromatic rings. The number of anilines is 1. The van der Waals surface area contributed by atoms with Crippen molar-refractivity contribution >= 4 is 75.1 Å². The summed E-state index contributed by atoms with van der Waals surface area (Å²) in [6.07, 6.45) is -2.41. The fourth-order valence-electron chi connectivity index (χ4n) is 4.77. The van der Waals surface area contributed by atoms with Crippen molar-refractivity contribution in [3.05, 3.63) is 12.7 Å². The van der Waals surface area contributed by atoms with E-state index >= 15 is 0 Å². The highest BCUT2D eigenvalue weighted by molar-refractivity contribution is 8.13. The molecule has 1 saturated heterocycles. The molecule has 57 heavy (non-hydrogen) atoms. The molecule has 26 nitrogen and oxygen atoms in total. The van der Waals surface area contributed by atoms with Crippen LogP contribution in [0.15, 0.2) is 12.7 Å². The van der Waals surface area contributed by atoms with Gasteiger partial charge in [-0.3, -0.25) is 37.3 Å². The number of ether oxygens (including phenoxy) is 1. The zero-order valence-corrected chi connectivity index (χ0v) is 33.3. The lowest BCUT2D eigenvalue weighted by molar-refractivity contribution is -0.144. The summed E-state index contributed by atoms with van der Waals surface area (Å²) < 4.78 is 61.9. The number of aliphatic hydroxyl groups excluding tert-OH is 2. The summed E-state index contributed by atoms with van der Waals surface area (Å²) >= 11 is 0.670. The number of imidazole rings is 1. The number of nitrogen functional groups attached to an aromatic ring is 1. The first-order chi connectivity index (χ1) is 26.4. The maximum Gasteiger partial charge on any atom is 0.481 e. The second-order valence-electron chi connectivity index (χ2n) is 12.5. The van der Waals surface area contributed by atoms with Crippen LogP contribution >= 0.6 is 35.2 Å². The molecule has 0 aliphatic carbocycles. The lowest BCUT2D eigenvalue weighted by atomic mass is 9.87. The van der Waals surface area contributed by atoms with Gasteiger partial charge in [-0.2, -0.15) is 4.31 Å². The normalized spacial score (nSPS) is 21.8. The van der Waals surface area contributed by atoms with E-state index in [9.17, 15) is 62.7 Å². The van der Waals surface area contributed by atoms with Crippen LogP contribution in [0.5, 0.6) is 0 Å². The van der Waals surface area contributed by atoms with E-state index in [0.717, 1.165) is 17.2 Å². The number of rotatable bonds is 22. The van der Waals surface area contributed by atoms with Crippen molar-refractivity contribution in [2.75, 3.05) is 37.8 Å². The minimum Gasteiger partial charge on any atom is -0.481 e. The van der Waals surface area contributed by atoms with E-state index in [4.69, 9.17) is 31.0 Å². The molecule has 0 bridgehead atoms. The van der Waals surface area contributed by atoms with Gasteiger partial charge in [0.25, 0.3) is 0 Å². The molecule has 2 amide bonds.